The maximum atomic E-state index is 11.7. The molecule has 1 aromatic rings. The Hall–Kier alpha value is -0.940. The van der Waals surface area contributed by atoms with Crippen LogP contribution in [0.3, 0.4) is 0 Å². The Kier molecular flexibility index (Phi) is 4.89. The predicted octanol–water partition coefficient (Wildman–Crippen LogP) is 2.02. The molecule has 5 heteroatoms. The molecule has 0 saturated heterocycles. The second-order valence-electron chi connectivity index (χ2n) is 4.15. The quantitative estimate of drug-likeness (QED) is 0.828. The number of nitrogens with one attached hydrogen (secondary N) is 1. The molecule has 0 saturated carbocycles. The topological polar surface area (TPSA) is 68.0 Å². The van der Waals surface area contributed by atoms with Crippen LogP contribution in [0.25, 0.3) is 0 Å². The number of hydrogen-bond donors (Lipinski definition) is 2. The molecular weight excluding hydrogens is 222 g/mol. The van der Waals surface area contributed by atoms with Crippen molar-refractivity contribution in [2.45, 2.75) is 39.7 Å². The summed E-state index contributed by atoms with van der Waals surface area (Å²) in [4.78, 5) is 16.0. The number of carbonyl (C=O) groups is 1. The first-order chi connectivity index (χ1) is 7.54. The number of aromatic nitrogens is 1. The molecule has 1 rings (SSSR count). The molecule has 1 heterocycles. The van der Waals surface area contributed by atoms with E-state index in [1.807, 2.05) is 19.2 Å². The van der Waals surface area contributed by atoms with Gasteiger partial charge in [-0.15, -0.1) is 11.3 Å². The summed E-state index contributed by atoms with van der Waals surface area (Å²) in [6.07, 6.45) is 2.01. The van der Waals surface area contributed by atoms with Crippen LogP contribution in [0.15, 0.2) is 5.38 Å². The van der Waals surface area contributed by atoms with Crippen LogP contribution in [0.5, 0.6) is 0 Å². The van der Waals surface area contributed by atoms with Gasteiger partial charge in [0, 0.05) is 5.38 Å². The second-order valence-corrected chi connectivity index (χ2v) is 5.01. The average Bonchev–Trinajstić information content (AvgIpc) is 2.65. The minimum absolute atomic E-state index is 0.134. The van der Waals surface area contributed by atoms with Crippen LogP contribution in [0.1, 0.15) is 32.9 Å². The molecule has 0 unspecified atom stereocenters. The van der Waals surface area contributed by atoms with Crippen molar-refractivity contribution in [3.8, 4) is 0 Å². The van der Waals surface area contributed by atoms with Crippen LogP contribution in [-0.4, -0.2) is 16.9 Å². The maximum Gasteiger partial charge on any atom is 0.243 e. The Morgan fingerprint density at radius 2 is 2.31 bits per heavy atom. The number of carbonyl (C=O) groups excluding carboxylic acids is 1. The molecule has 1 amide bonds. The largest absolute Gasteiger partial charge is 0.320 e. The number of rotatable bonds is 5. The van der Waals surface area contributed by atoms with Gasteiger partial charge in [0.1, 0.15) is 0 Å². The molecule has 0 spiro atoms. The van der Waals surface area contributed by atoms with Crippen molar-refractivity contribution in [1.29, 1.82) is 0 Å². The van der Waals surface area contributed by atoms with Crippen LogP contribution >= 0.6 is 11.3 Å². The molecule has 0 bridgehead atoms. The van der Waals surface area contributed by atoms with E-state index in [1.54, 1.807) is 0 Å². The van der Waals surface area contributed by atoms with E-state index >= 15 is 0 Å². The Bertz CT molecular complexity index is 349. The van der Waals surface area contributed by atoms with Gasteiger partial charge in [-0.25, -0.2) is 4.98 Å². The lowest BCUT2D eigenvalue weighted by atomic mass is 10.1. The first-order valence-electron chi connectivity index (χ1n) is 5.55. The standard InChI is InChI=1S/C11H19N3OS/c1-4-5-8-6-16-11(13-8)14-10(15)9(12)7(2)3/h6-7,9H,4-5,12H2,1-3H3,(H,13,14,15)/t9-/m0/s1. The Morgan fingerprint density at radius 1 is 1.62 bits per heavy atom. The van der Waals surface area contributed by atoms with E-state index in [2.05, 4.69) is 17.2 Å². The lowest BCUT2D eigenvalue weighted by Crippen LogP contribution is -2.39. The Morgan fingerprint density at radius 3 is 2.88 bits per heavy atom. The third-order valence-corrected chi connectivity index (χ3v) is 3.12. The van der Waals surface area contributed by atoms with E-state index in [9.17, 15) is 4.79 Å². The van der Waals surface area contributed by atoms with E-state index in [1.165, 1.54) is 11.3 Å². The molecule has 0 aliphatic heterocycles. The average molecular weight is 241 g/mol. The predicted molar refractivity (Wildman–Crippen MR) is 67.6 cm³/mol. The first kappa shape index (κ1) is 13.1. The Labute approximate surface area is 100 Å². The summed E-state index contributed by atoms with van der Waals surface area (Å²) in [5.41, 5.74) is 6.77. The third-order valence-electron chi connectivity index (χ3n) is 2.31. The van der Waals surface area contributed by atoms with Crippen molar-refractivity contribution in [2.24, 2.45) is 11.7 Å². The number of aryl methyl sites for hydroxylation is 1. The van der Waals surface area contributed by atoms with Crippen molar-refractivity contribution >= 4 is 22.4 Å². The summed E-state index contributed by atoms with van der Waals surface area (Å²) in [5.74, 6) is -0.0255. The summed E-state index contributed by atoms with van der Waals surface area (Å²) in [6, 6.07) is -0.474. The van der Waals surface area contributed by atoms with Gasteiger partial charge in [0.15, 0.2) is 5.13 Å². The second kappa shape index (κ2) is 5.96. The molecule has 0 aliphatic carbocycles. The van der Waals surface area contributed by atoms with Gasteiger partial charge in [0.05, 0.1) is 11.7 Å². The molecule has 1 atom stereocenters. The molecule has 0 radical (unpaired) electrons. The van der Waals surface area contributed by atoms with Gasteiger partial charge in [-0.1, -0.05) is 27.2 Å². The van der Waals surface area contributed by atoms with Gasteiger partial charge in [0.2, 0.25) is 5.91 Å². The van der Waals surface area contributed by atoms with Crippen LogP contribution in [0.2, 0.25) is 0 Å². The number of thiazole rings is 1. The molecule has 3 N–H and O–H groups in total. The van der Waals surface area contributed by atoms with Crippen LogP contribution in [0, 0.1) is 5.92 Å². The van der Waals surface area contributed by atoms with Crippen molar-refractivity contribution in [2.75, 3.05) is 5.32 Å². The van der Waals surface area contributed by atoms with E-state index in [4.69, 9.17) is 5.73 Å². The van der Waals surface area contributed by atoms with E-state index < -0.39 is 6.04 Å². The lowest BCUT2D eigenvalue weighted by molar-refractivity contribution is -0.118. The monoisotopic (exact) mass is 241 g/mol. The highest BCUT2D eigenvalue weighted by Crippen LogP contribution is 2.17. The maximum absolute atomic E-state index is 11.7. The van der Waals surface area contributed by atoms with Gasteiger partial charge in [0.25, 0.3) is 0 Å². The number of anilines is 1. The molecule has 0 aromatic carbocycles. The van der Waals surface area contributed by atoms with Gasteiger partial charge in [-0.2, -0.15) is 0 Å². The summed E-state index contributed by atoms with van der Waals surface area (Å²) in [7, 11) is 0. The fourth-order valence-corrected chi connectivity index (χ4v) is 1.97. The van der Waals surface area contributed by atoms with Crippen LogP contribution < -0.4 is 11.1 Å². The van der Waals surface area contributed by atoms with Gasteiger partial charge in [-0.05, 0) is 12.3 Å². The van der Waals surface area contributed by atoms with Gasteiger partial charge in [-0.3, -0.25) is 4.79 Å². The smallest absolute Gasteiger partial charge is 0.243 e. The fraction of sp³-hybridized carbons (Fsp3) is 0.636. The zero-order chi connectivity index (χ0) is 12.1. The third kappa shape index (κ3) is 3.57. The van der Waals surface area contributed by atoms with E-state index in [-0.39, 0.29) is 11.8 Å². The van der Waals surface area contributed by atoms with Gasteiger partial charge < -0.3 is 11.1 Å². The molecule has 16 heavy (non-hydrogen) atoms. The number of amides is 1. The van der Waals surface area contributed by atoms with Crippen LogP contribution in [-0.2, 0) is 11.2 Å². The molecule has 0 aliphatic rings. The van der Waals surface area contributed by atoms with Crippen molar-refractivity contribution < 1.29 is 4.79 Å². The lowest BCUT2D eigenvalue weighted by Gasteiger charge is -2.13. The first-order valence-corrected chi connectivity index (χ1v) is 6.43. The zero-order valence-corrected chi connectivity index (χ0v) is 10.8. The SMILES string of the molecule is CCCc1csc(NC(=O)[C@@H](N)C(C)C)n1. The highest BCUT2D eigenvalue weighted by atomic mass is 32.1. The summed E-state index contributed by atoms with van der Waals surface area (Å²) >= 11 is 1.45. The highest BCUT2D eigenvalue weighted by molar-refractivity contribution is 7.13. The number of nitrogens with zero attached hydrogens (tertiary/aromatic N) is 1. The highest BCUT2D eigenvalue weighted by Gasteiger charge is 2.18. The normalized spacial score (nSPS) is 12.8. The molecule has 1 aromatic heterocycles. The van der Waals surface area contributed by atoms with E-state index in [0.29, 0.717) is 5.13 Å². The zero-order valence-electron chi connectivity index (χ0n) is 9.99. The molecule has 0 fully saturated rings. The molecular formula is C11H19N3OS. The number of nitrogens with two attached hydrogens (primary N) is 1. The van der Waals surface area contributed by atoms with Gasteiger partial charge >= 0.3 is 0 Å². The minimum atomic E-state index is -0.474. The summed E-state index contributed by atoms with van der Waals surface area (Å²) in [5, 5.41) is 5.36. The van der Waals surface area contributed by atoms with Crippen molar-refractivity contribution in [1.82, 2.24) is 4.98 Å². The number of hydrogen-bond acceptors (Lipinski definition) is 4. The Balaban J connectivity index is 2.56. The van der Waals surface area contributed by atoms with Crippen molar-refractivity contribution in [3.05, 3.63) is 11.1 Å². The summed E-state index contributed by atoms with van der Waals surface area (Å²) < 4.78 is 0. The molecule has 90 valence electrons. The molecule has 4 nitrogen and oxygen atoms in total. The fourth-order valence-electron chi connectivity index (χ4n) is 1.23. The minimum Gasteiger partial charge on any atom is -0.320 e. The van der Waals surface area contributed by atoms with Crippen molar-refractivity contribution in [3.63, 3.8) is 0 Å². The van der Waals surface area contributed by atoms with Crippen LogP contribution in [0.4, 0.5) is 5.13 Å². The summed E-state index contributed by atoms with van der Waals surface area (Å²) in [6.45, 7) is 5.95. The van der Waals surface area contributed by atoms with E-state index in [0.717, 1.165) is 18.5 Å².